The molecule has 0 aliphatic carbocycles. The average molecular weight is 204 g/mol. The molecule has 0 unspecified atom stereocenters. The second-order valence-electron chi connectivity index (χ2n) is 4.56. The first-order valence-electron chi connectivity index (χ1n) is 5.96. The fourth-order valence-corrected chi connectivity index (χ4v) is 2.34. The van der Waals surface area contributed by atoms with Crippen LogP contribution in [-0.2, 0) is 11.2 Å². The number of hydrogen-bond donors (Lipinski definition) is 0. The van der Waals surface area contributed by atoms with Gasteiger partial charge in [-0.25, -0.2) is 0 Å². The lowest BCUT2D eigenvalue weighted by Crippen LogP contribution is -2.18. The van der Waals surface area contributed by atoms with Gasteiger partial charge >= 0.3 is 0 Å². The summed E-state index contributed by atoms with van der Waals surface area (Å²) in [5.74, 6) is 0.770. The van der Waals surface area contributed by atoms with Crippen LogP contribution >= 0.6 is 0 Å². The van der Waals surface area contributed by atoms with Crippen molar-refractivity contribution < 1.29 is 4.74 Å². The van der Waals surface area contributed by atoms with Gasteiger partial charge in [0.25, 0.3) is 0 Å². The fourth-order valence-electron chi connectivity index (χ4n) is 2.34. The van der Waals surface area contributed by atoms with E-state index >= 15 is 0 Å². The van der Waals surface area contributed by atoms with Crippen LogP contribution in [0.4, 0.5) is 0 Å². The summed E-state index contributed by atoms with van der Waals surface area (Å²) < 4.78 is 5.79. The van der Waals surface area contributed by atoms with E-state index in [9.17, 15) is 0 Å². The van der Waals surface area contributed by atoms with Crippen LogP contribution in [0, 0.1) is 12.8 Å². The molecule has 1 saturated heterocycles. The summed E-state index contributed by atoms with van der Waals surface area (Å²) in [6.45, 7) is 5.35. The van der Waals surface area contributed by atoms with Crippen molar-refractivity contribution in [1.29, 1.82) is 0 Å². The van der Waals surface area contributed by atoms with Gasteiger partial charge in [-0.05, 0) is 31.2 Å². The molecule has 0 N–H and O–H groups in total. The highest BCUT2D eigenvalue weighted by Crippen LogP contribution is 2.26. The molecule has 1 aromatic carbocycles. The highest BCUT2D eigenvalue weighted by Gasteiger charge is 2.26. The van der Waals surface area contributed by atoms with Gasteiger partial charge in [0.2, 0.25) is 0 Å². The molecule has 1 heterocycles. The van der Waals surface area contributed by atoms with Crippen molar-refractivity contribution in [2.75, 3.05) is 6.61 Å². The minimum atomic E-state index is 0.456. The summed E-state index contributed by atoms with van der Waals surface area (Å²) in [6.07, 6.45) is 4.03. The Hall–Kier alpha value is -0.820. The van der Waals surface area contributed by atoms with Crippen molar-refractivity contribution in [2.45, 2.75) is 39.2 Å². The van der Waals surface area contributed by atoms with Crippen LogP contribution in [0.5, 0.6) is 0 Å². The van der Waals surface area contributed by atoms with Crippen LogP contribution in [0.1, 0.15) is 30.9 Å². The summed E-state index contributed by atoms with van der Waals surface area (Å²) in [6, 6.07) is 8.82. The fraction of sp³-hybridized carbons (Fsp3) is 0.571. The molecule has 0 aromatic heterocycles. The monoisotopic (exact) mass is 204 g/mol. The largest absolute Gasteiger partial charge is 0.378 e. The zero-order valence-corrected chi connectivity index (χ0v) is 9.70. The predicted octanol–water partition coefficient (Wildman–Crippen LogP) is 3.35. The van der Waals surface area contributed by atoms with Crippen molar-refractivity contribution in [3.8, 4) is 0 Å². The third kappa shape index (κ3) is 2.60. The molecule has 0 amide bonds. The zero-order valence-electron chi connectivity index (χ0n) is 9.70. The maximum atomic E-state index is 5.79. The van der Waals surface area contributed by atoms with Gasteiger partial charge in [0.05, 0.1) is 6.10 Å². The van der Waals surface area contributed by atoms with Crippen LogP contribution in [0.25, 0.3) is 0 Å². The first kappa shape index (κ1) is 10.7. The lowest BCUT2D eigenvalue weighted by atomic mass is 9.93. The molecule has 1 aliphatic rings. The number of hydrogen-bond acceptors (Lipinski definition) is 1. The van der Waals surface area contributed by atoms with E-state index in [1.165, 1.54) is 24.0 Å². The van der Waals surface area contributed by atoms with Crippen molar-refractivity contribution in [3.05, 3.63) is 35.4 Å². The minimum absolute atomic E-state index is 0.456. The Labute approximate surface area is 92.5 Å². The number of benzene rings is 1. The summed E-state index contributed by atoms with van der Waals surface area (Å²) in [5.41, 5.74) is 2.74. The first-order chi connectivity index (χ1) is 7.29. The summed E-state index contributed by atoms with van der Waals surface area (Å²) in [5, 5.41) is 0. The molecule has 15 heavy (non-hydrogen) atoms. The Morgan fingerprint density at radius 1 is 1.27 bits per heavy atom. The maximum absolute atomic E-state index is 5.79. The van der Waals surface area contributed by atoms with Gasteiger partial charge in [0, 0.05) is 6.61 Å². The predicted molar refractivity (Wildman–Crippen MR) is 63.0 cm³/mol. The molecule has 1 nitrogen and oxygen atoms in total. The van der Waals surface area contributed by atoms with E-state index < -0.39 is 0 Å². The Kier molecular flexibility index (Phi) is 3.42. The molecule has 1 fully saturated rings. The van der Waals surface area contributed by atoms with Gasteiger partial charge in [0.1, 0.15) is 0 Å². The summed E-state index contributed by atoms with van der Waals surface area (Å²) >= 11 is 0. The molecule has 0 spiro atoms. The van der Waals surface area contributed by atoms with E-state index in [0.29, 0.717) is 6.10 Å². The third-order valence-electron chi connectivity index (χ3n) is 3.43. The lowest BCUT2D eigenvalue weighted by Gasteiger charge is -2.16. The van der Waals surface area contributed by atoms with Crippen molar-refractivity contribution in [3.63, 3.8) is 0 Å². The average Bonchev–Trinajstić information content (AvgIpc) is 2.69. The molecule has 2 rings (SSSR count). The molecule has 2 atom stereocenters. The second kappa shape index (κ2) is 4.80. The number of aryl methyl sites for hydroxylation is 1. The topological polar surface area (TPSA) is 9.23 Å². The van der Waals surface area contributed by atoms with Crippen LogP contribution in [0.2, 0.25) is 0 Å². The molecule has 0 saturated carbocycles. The normalized spacial score (nSPS) is 25.7. The first-order valence-corrected chi connectivity index (χ1v) is 5.96. The molecule has 1 aliphatic heterocycles. The molecule has 0 radical (unpaired) electrons. The smallest absolute Gasteiger partial charge is 0.0644 e. The van der Waals surface area contributed by atoms with Gasteiger partial charge in [-0.1, -0.05) is 43.2 Å². The lowest BCUT2D eigenvalue weighted by molar-refractivity contribution is 0.0900. The SMILES string of the molecule is CC[C@H]1CCO[C@@H]1Cc1ccc(C)cc1. The Morgan fingerprint density at radius 3 is 2.67 bits per heavy atom. The minimum Gasteiger partial charge on any atom is -0.378 e. The molecule has 82 valence electrons. The quantitative estimate of drug-likeness (QED) is 0.733. The van der Waals surface area contributed by atoms with Crippen molar-refractivity contribution >= 4 is 0 Å². The van der Waals surface area contributed by atoms with Gasteiger partial charge in [-0.15, -0.1) is 0 Å². The van der Waals surface area contributed by atoms with Gasteiger partial charge < -0.3 is 4.74 Å². The Morgan fingerprint density at radius 2 is 2.00 bits per heavy atom. The van der Waals surface area contributed by atoms with Crippen molar-refractivity contribution in [2.24, 2.45) is 5.92 Å². The molecule has 0 bridgehead atoms. The van der Waals surface area contributed by atoms with Gasteiger partial charge in [-0.2, -0.15) is 0 Å². The van der Waals surface area contributed by atoms with E-state index in [0.717, 1.165) is 18.9 Å². The van der Waals surface area contributed by atoms with E-state index in [-0.39, 0.29) is 0 Å². The van der Waals surface area contributed by atoms with Crippen LogP contribution in [0.3, 0.4) is 0 Å². The zero-order chi connectivity index (χ0) is 10.7. The molecular formula is C14H20O. The number of ether oxygens (including phenoxy) is 1. The molecular weight excluding hydrogens is 184 g/mol. The molecule has 1 aromatic rings. The third-order valence-corrected chi connectivity index (χ3v) is 3.43. The Balaban J connectivity index is 1.99. The van der Waals surface area contributed by atoms with Gasteiger partial charge in [-0.3, -0.25) is 0 Å². The second-order valence-corrected chi connectivity index (χ2v) is 4.56. The highest BCUT2D eigenvalue weighted by atomic mass is 16.5. The van der Waals surface area contributed by atoms with E-state index in [2.05, 4.69) is 38.1 Å². The van der Waals surface area contributed by atoms with Crippen LogP contribution in [-0.4, -0.2) is 12.7 Å². The van der Waals surface area contributed by atoms with Gasteiger partial charge in [0.15, 0.2) is 0 Å². The standard InChI is InChI=1S/C14H20O/c1-3-13-8-9-15-14(13)10-12-6-4-11(2)5-7-12/h4-7,13-14H,3,8-10H2,1-2H3/t13-,14+/m0/s1. The number of rotatable bonds is 3. The highest BCUT2D eigenvalue weighted by molar-refractivity contribution is 5.22. The molecule has 1 heteroatoms. The summed E-state index contributed by atoms with van der Waals surface area (Å²) in [7, 11) is 0. The van der Waals surface area contributed by atoms with Crippen LogP contribution < -0.4 is 0 Å². The van der Waals surface area contributed by atoms with E-state index in [1.807, 2.05) is 0 Å². The van der Waals surface area contributed by atoms with E-state index in [1.54, 1.807) is 0 Å². The Bertz CT molecular complexity index is 302. The van der Waals surface area contributed by atoms with Crippen molar-refractivity contribution in [1.82, 2.24) is 0 Å². The summed E-state index contributed by atoms with van der Waals surface area (Å²) in [4.78, 5) is 0. The van der Waals surface area contributed by atoms with Crippen LogP contribution in [0.15, 0.2) is 24.3 Å². The van der Waals surface area contributed by atoms with E-state index in [4.69, 9.17) is 4.74 Å². The maximum Gasteiger partial charge on any atom is 0.0644 e.